The van der Waals surface area contributed by atoms with Crippen LogP contribution >= 0.6 is 11.8 Å². The lowest BCUT2D eigenvalue weighted by atomic mass is 10.1. The van der Waals surface area contributed by atoms with E-state index in [1.807, 2.05) is 18.2 Å². The average molecular weight is 363 g/mol. The number of nitro groups is 1. The van der Waals surface area contributed by atoms with Gasteiger partial charge in [0.15, 0.2) is 0 Å². The summed E-state index contributed by atoms with van der Waals surface area (Å²) >= 11 is 1.40. The van der Waals surface area contributed by atoms with E-state index < -0.39 is 4.92 Å². The molecule has 26 heavy (non-hydrogen) atoms. The number of rotatable bonds is 3. The van der Waals surface area contributed by atoms with E-state index in [9.17, 15) is 14.9 Å². The summed E-state index contributed by atoms with van der Waals surface area (Å²) in [4.78, 5) is 24.8. The van der Waals surface area contributed by atoms with Crippen molar-refractivity contribution >= 4 is 29.3 Å². The summed E-state index contributed by atoms with van der Waals surface area (Å²) in [7, 11) is 0. The number of aryl methyl sites for hydroxylation is 1. The number of nitro benzene ring substituents is 1. The van der Waals surface area contributed by atoms with E-state index in [0.29, 0.717) is 27.6 Å². The second-order valence-corrected chi connectivity index (χ2v) is 7.00. The summed E-state index contributed by atoms with van der Waals surface area (Å²) in [5, 5.41) is 11.3. The summed E-state index contributed by atoms with van der Waals surface area (Å²) in [6.45, 7) is 1.80. The van der Waals surface area contributed by atoms with Gasteiger partial charge in [0.05, 0.1) is 15.4 Å². The van der Waals surface area contributed by atoms with E-state index in [1.54, 1.807) is 43.3 Å². The number of furan rings is 1. The van der Waals surface area contributed by atoms with Crippen molar-refractivity contribution in [1.29, 1.82) is 0 Å². The quantitative estimate of drug-likeness (QED) is 0.349. The van der Waals surface area contributed by atoms with Gasteiger partial charge in [-0.05, 0) is 48.9 Å². The first-order valence-corrected chi connectivity index (χ1v) is 8.73. The molecule has 0 amide bonds. The van der Waals surface area contributed by atoms with E-state index >= 15 is 0 Å². The number of carbonyl (C=O) groups excluding carboxylic acids is 1. The minimum absolute atomic E-state index is 0.00252. The van der Waals surface area contributed by atoms with Crippen LogP contribution in [0.4, 0.5) is 5.69 Å². The summed E-state index contributed by atoms with van der Waals surface area (Å²) < 4.78 is 5.76. The monoisotopic (exact) mass is 363 g/mol. The molecule has 2 heterocycles. The average Bonchev–Trinajstić information content (AvgIpc) is 3.21. The number of fused-ring (bicyclic) bond motifs is 1. The van der Waals surface area contributed by atoms with Gasteiger partial charge in [-0.3, -0.25) is 14.9 Å². The molecular weight excluding hydrogens is 350 g/mol. The Morgan fingerprint density at radius 1 is 1.08 bits per heavy atom. The molecule has 0 fully saturated rings. The van der Waals surface area contributed by atoms with Crippen LogP contribution in [-0.2, 0) is 0 Å². The number of allylic oxidation sites excluding steroid dienone is 1. The highest BCUT2D eigenvalue weighted by Gasteiger charge is 2.26. The Bertz CT molecular complexity index is 1080. The predicted octanol–water partition coefficient (Wildman–Crippen LogP) is 5.49. The molecule has 0 atom stereocenters. The predicted molar refractivity (Wildman–Crippen MR) is 100 cm³/mol. The van der Waals surface area contributed by atoms with Gasteiger partial charge in [0.2, 0.25) is 5.78 Å². The van der Waals surface area contributed by atoms with Crippen LogP contribution in [0, 0.1) is 17.0 Å². The van der Waals surface area contributed by atoms with Crippen molar-refractivity contribution in [3.05, 3.63) is 86.5 Å². The molecule has 1 aliphatic rings. The molecular formula is C20H13NO4S. The normalized spacial score (nSPS) is 14.7. The van der Waals surface area contributed by atoms with Crippen LogP contribution in [0.3, 0.4) is 0 Å². The molecule has 2 aromatic carbocycles. The Balaban J connectivity index is 1.69. The molecule has 0 bridgehead atoms. The van der Waals surface area contributed by atoms with Crippen LogP contribution in [0.25, 0.3) is 17.4 Å². The maximum Gasteiger partial charge on any atom is 0.280 e. The van der Waals surface area contributed by atoms with Crippen LogP contribution in [-0.4, -0.2) is 10.7 Å². The van der Waals surface area contributed by atoms with Gasteiger partial charge in [-0.15, -0.1) is 0 Å². The summed E-state index contributed by atoms with van der Waals surface area (Å²) in [5.41, 5.74) is 1.90. The van der Waals surface area contributed by atoms with Crippen molar-refractivity contribution in [2.45, 2.75) is 11.8 Å². The Kier molecular flexibility index (Phi) is 3.97. The Morgan fingerprint density at radius 2 is 1.88 bits per heavy atom. The minimum atomic E-state index is -0.421. The lowest BCUT2D eigenvalue weighted by molar-refractivity contribution is -0.384. The Morgan fingerprint density at radius 3 is 2.65 bits per heavy atom. The highest BCUT2D eigenvalue weighted by Crippen LogP contribution is 2.41. The molecule has 0 unspecified atom stereocenters. The SMILES string of the molecule is Cc1ccc(-c2ccc(/C=C3\Sc4ccccc4C3=O)o2)c([N+](=O)[O-])c1. The fourth-order valence-corrected chi connectivity index (χ4v) is 3.87. The number of hydrogen-bond donors (Lipinski definition) is 0. The molecule has 128 valence electrons. The second-order valence-electron chi connectivity index (χ2n) is 5.92. The van der Waals surface area contributed by atoms with Gasteiger partial charge in [-0.1, -0.05) is 30.0 Å². The van der Waals surface area contributed by atoms with Gasteiger partial charge in [0.1, 0.15) is 11.5 Å². The molecule has 0 spiro atoms. The largest absolute Gasteiger partial charge is 0.456 e. The summed E-state index contributed by atoms with van der Waals surface area (Å²) in [6.07, 6.45) is 1.68. The Hall–Kier alpha value is -3.12. The molecule has 0 N–H and O–H groups in total. The summed E-state index contributed by atoms with van der Waals surface area (Å²) in [6, 6.07) is 15.8. The van der Waals surface area contributed by atoms with Gasteiger partial charge in [0.25, 0.3) is 5.69 Å². The van der Waals surface area contributed by atoms with Gasteiger partial charge in [-0.25, -0.2) is 0 Å². The van der Waals surface area contributed by atoms with E-state index in [2.05, 4.69) is 0 Å². The summed E-state index contributed by atoms with van der Waals surface area (Å²) in [5.74, 6) is 0.847. The molecule has 5 nitrogen and oxygen atoms in total. The van der Waals surface area contributed by atoms with Crippen molar-refractivity contribution in [1.82, 2.24) is 0 Å². The van der Waals surface area contributed by atoms with E-state index in [0.717, 1.165) is 10.5 Å². The number of nitrogens with zero attached hydrogens (tertiary/aromatic N) is 1. The molecule has 4 rings (SSSR count). The molecule has 3 aromatic rings. The second kappa shape index (κ2) is 6.31. The molecule has 0 saturated heterocycles. The van der Waals surface area contributed by atoms with Crippen LogP contribution < -0.4 is 0 Å². The molecule has 6 heteroatoms. The zero-order valence-electron chi connectivity index (χ0n) is 13.8. The first kappa shape index (κ1) is 16.4. The first-order chi connectivity index (χ1) is 12.5. The van der Waals surface area contributed by atoms with Crippen LogP contribution in [0.15, 0.2) is 68.8 Å². The molecule has 0 aliphatic carbocycles. The maximum atomic E-state index is 12.4. The number of thioether (sulfide) groups is 1. The lowest BCUT2D eigenvalue weighted by Gasteiger charge is -2.01. The first-order valence-electron chi connectivity index (χ1n) is 7.91. The highest BCUT2D eigenvalue weighted by molar-refractivity contribution is 8.04. The minimum Gasteiger partial charge on any atom is -0.456 e. The smallest absolute Gasteiger partial charge is 0.280 e. The van der Waals surface area contributed by atoms with Crippen molar-refractivity contribution in [2.24, 2.45) is 0 Å². The van der Waals surface area contributed by atoms with E-state index in [-0.39, 0.29) is 11.5 Å². The fraction of sp³-hybridized carbons (Fsp3) is 0.0500. The number of Topliss-reactive ketones (excluding diaryl/α,β-unsaturated/α-hetero) is 1. The third-order valence-electron chi connectivity index (χ3n) is 4.09. The topological polar surface area (TPSA) is 73.3 Å². The van der Waals surface area contributed by atoms with Gasteiger partial charge in [-0.2, -0.15) is 0 Å². The number of carbonyl (C=O) groups is 1. The molecule has 1 aromatic heterocycles. The van der Waals surface area contributed by atoms with Gasteiger partial charge >= 0.3 is 0 Å². The fourth-order valence-electron chi connectivity index (χ4n) is 2.84. The van der Waals surface area contributed by atoms with Crippen LogP contribution in [0.5, 0.6) is 0 Å². The number of hydrogen-bond acceptors (Lipinski definition) is 5. The third-order valence-corrected chi connectivity index (χ3v) is 5.19. The lowest BCUT2D eigenvalue weighted by Crippen LogP contribution is -1.93. The molecule has 0 saturated carbocycles. The third kappa shape index (κ3) is 2.84. The van der Waals surface area contributed by atoms with Crippen molar-refractivity contribution in [2.75, 3.05) is 0 Å². The van der Waals surface area contributed by atoms with Crippen molar-refractivity contribution < 1.29 is 14.1 Å². The number of benzene rings is 2. The maximum absolute atomic E-state index is 12.4. The van der Waals surface area contributed by atoms with Crippen molar-refractivity contribution in [3.8, 4) is 11.3 Å². The van der Waals surface area contributed by atoms with Crippen LogP contribution in [0.2, 0.25) is 0 Å². The standard InChI is InChI=1S/C20H13NO4S/c1-12-6-8-14(16(10-12)21(23)24)17-9-7-13(25-17)11-19-20(22)15-4-2-3-5-18(15)26-19/h2-11H,1H3/b19-11-. The van der Waals surface area contributed by atoms with Gasteiger partial charge in [0, 0.05) is 16.5 Å². The van der Waals surface area contributed by atoms with Crippen molar-refractivity contribution in [3.63, 3.8) is 0 Å². The van der Waals surface area contributed by atoms with Crippen LogP contribution in [0.1, 0.15) is 21.7 Å². The number of ketones is 1. The van der Waals surface area contributed by atoms with E-state index in [1.165, 1.54) is 17.8 Å². The molecule has 1 aliphatic heterocycles. The van der Waals surface area contributed by atoms with Gasteiger partial charge < -0.3 is 4.42 Å². The zero-order chi connectivity index (χ0) is 18.3. The van der Waals surface area contributed by atoms with E-state index in [4.69, 9.17) is 4.42 Å². The molecule has 0 radical (unpaired) electrons. The Labute approximate surface area is 153 Å². The highest BCUT2D eigenvalue weighted by atomic mass is 32.2. The zero-order valence-corrected chi connectivity index (χ0v) is 14.6.